The summed E-state index contributed by atoms with van der Waals surface area (Å²) in [7, 11) is -0.841. The normalized spacial score (nSPS) is 11.9. The minimum absolute atomic E-state index is 0.0566. The summed E-state index contributed by atoms with van der Waals surface area (Å²) in [5, 5.41) is 2.83. The number of ether oxygens (including phenoxy) is 1. The number of likely N-dealkylation sites (N-methyl/N-ethyl adjacent to an activating group) is 1. The number of amides is 2. The predicted octanol–water partition coefficient (Wildman–Crippen LogP) is 3.50. The molecule has 0 aliphatic carbocycles. The van der Waals surface area contributed by atoms with E-state index in [1.807, 2.05) is 36.4 Å². The van der Waals surface area contributed by atoms with Gasteiger partial charge in [-0.3, -0.25) is 13.9 Å². The standard InChI is InChI=1S/C27H30ClN3O5S/c1-29-27(33)25(17-20-10-5-4-6-11-20)30(18-21-12-9-13-22(16-21)36-2)26(32)19-31(37(3,34)35)24-15-8-7-14-23(24)28/h4-16,25H,17-19H2,1-3H3,(H,29,33)/t25-/m1/s1. The molecule has 3 aromatic rings. The lowest BCUT2D eigenvalue weighted by Gasteiger charge is -2.33. The van der Waals surface area contributed by atoms with Crippen molar-refractivity contribution in [2.75, 3.05) is 31.3 Å². The first-order valence-corrected chi connectivity index (χ1v) is 13.8. The van der Waals surface area contributed by atoms with Crippen LogP contribution in [-0.4, -0.2) is 58.1 Å². The first-order chi connectivity index (χ1) is 17.6. The van der Waals surface area contributed by atoms with Crippen molar-refractivity contribution in [1.82, 2.24) is 10.2 Å². The molecule has 0 spiro atoms. The lowest BCUT2D eigenvalue weighted by molar-refractivity contribution is -0.139. The van der Waals surface area contributed by atoms with Crippen LogP contribution in [0.4, 0.5) is 5.69 Å². The lowest BCUT2D eigenvalue weighted by Crippen LogP contribution is -2.52. The largest absolute Gasteiger partial charge is 0.497 e. The highest BCUT2D eigenvalue weighted by Gasteiger charge is 2.33. The summed E-state index contributed by atoms with van der Waals surface area (Å²) in [5.41, 5.74) is 1.75. The highest BCUT2D eigenvalue weighted by Crippen LogP contribution is 2.28. The number of para-hydroxylation sites is 1. The van der Waals surface area contributed by atoms with Gasteiger partial charge in [-0.05, 0) is 35.4 Å². The average molecular weight is 544 g/mol. The first-order valence-electron chi connectivity index (χ1n) is 11.5. The van der Waals surface area contributed by atoms with Gasteiger partial charge in [-0.15, -0.1) is 0 Å². The molecule has 3 aromatic carbocycles. The third-order valence-corrected chi connectivity index (χ3v) is 7.25. The Hall–Kier alpha value is -3.56. The van der Waals surface area contributed by atoms with E-state index in [4.69, 9.17) is 16.3 Å². The van der Waals surface area contributed by atoms with E-state index >= 15 is 0 Å². The molecule has 8 nitrogen and oxygen atoms in total. The summed E-state index contributed by atoms with van der Waals surface area (Å²) in [4.78, 5) is 28.4. The Morgan fingerprint density at radius 2 is 1.62 bits per heavy atom. The minimum atomic E-state index is -3.88. The fraction of sp³-hybridized carbons (Fsp3) is 0.259. The molecule has 1 N–H and O–H groups in total. The van der Waals surface area contributed by atoms with Crippen molar-refractivity contribution in [3.8, 4) is 5.75 Å². The van der Waals surface area contributed by atoms with Gasteiger partial charge in [0.15, 0.2) is 0 Å². The van der Waals surface area contributed by atoms with Gasteiger partial charge in [0, 0.05) is 20.0 Å². The Kier molecular flexibility index (Phi) is 9.54. The van der Waals surface area contributed by atoms with Crippen LogP contribution in [0.3, 0.4) is 0 Å². The van der Waals surface area contributed by atoms with Gasteiger partial charge in [0.25, 0.3) is 0 Å². The summed E-state index contributed by atoms with van der Waals surface area (Å²) >= 11 is 6.28. The van der Waals surface area contributed by atoms with Crippen LogP contribution in [0.25, 0.3) is 0 Å². The quantitative estimate of drug-likeness (QED) is 0.399. The van der Waals surface area contributed by atoms with Crippen LogP contribution in [-0.2, 0) is 32.6 Å². The monoisotopic (exact) mass is 543 g/mol. The van der Waals surface area contributed by atoms with Crippen molar-refractivity contribution < 1.29 is 22.7 Å². The fourth-order valence-electron chi connectivity index (χ4n) is 3.94. The number of methoxy groups -OCH3 is 1. The zero-order valence-corrected chi connectivity index (χ0v) is 22.5. The molecule has 2 amide bonds. The molecule has 0 saturated carbocycles. The Labute approximate surface area is 222 Å². The molecule has 0 heterocycles. The summed E-state index contributed by atoms with van der Waals surface area (Å²) < 4.78 is 31.7. The van der Waals surface area contributed by atoms with Crippen molar-refractivity contribution >= 4 is 39.1 Å². The highest BCUT2D eigenvalue weighted by molar-refractivity contribution is 7.92. The molecule has 1 atom stereocenters. The van der Waals surface area contributed by atoms with E-state index in [2.05, 4.69) is 5.32 Å². The molecule has 0 aromatic heterocycles. The molecule has 0 fully saturated rings. The number of benzene rings is 3. The number of hydrogen-bond acceptors (Lipinski definition) is 5. The van der Waals surface area contributed by atoms with Gasteiger partial charge in [0.2, 0.25) is 21.8 Å². The number of halogens is 1. The van der Waals surface area contributed by atoms with Crippen molar-refractivity contribution in [2.24, 2.45) is 0 Å². The summed E-state index contributed by atoms with van der Waals surface area (Å²) in [5.74, 6) is -0.334. The number of anilines is 1. The van der Waals surface area contributed by atoms with Crippen molar-refractivity contribution in [3.05, 3.63) is 95.0 Å². The highest BCUT2D eigenvalue weighted by atomic mass is 35.5. The van der Waals surface area contributed by atoms with Crippen LogP contribution in [0.5, 0.6) is 5.75 Å². The van der Waals surface area contributed by atoms with E-state index in [1.165, 1.54) is 18.0 Å². The van der Waals surface area contributed by atoms with Crippen LogP contribution in [0, 0.1) is 0 Å². The number of nitrogens with one attached hydrogen (secondary N) is 1. The number of nitrogens with zero attached hydrogens (tertiary/aromatic N) is 2. The third-order valence-electron chi connectivity index (χ3n) is 5.80. The van der Waals surface area contributed by atoms with Crippen LogP contribution in [0.15, 0.2) is 78.9 Å². The molecule has 10 heteroatoms. The lowest BCUT2D eigenvalue weighted by atomic mass is 10.0. The van der Waals surface area contributed by atoms with Crippen molar-refractivity contribution in [2.45, 2.75) is 19.0 Å². The van der Waals surface area contributed by atoms with E-state index in [-0.39, 0.29) is 29.6 Å². The van der Waals surface area contributed by atoms with Gasteiger partial charge in [-0.1, -0.05) is 66.2 Å². The Balaban J connectivity index is 2.04. The number of sulfonamides is 1. The maximum atomic E-state index is 13.9. The smallest absolute Gasteiger partial charge is 0.244 e. The van der Waals surface area contributed by atoms with Gasteiger partial charge >= 0.3 is 0 Å². The van der Waals surface area contributed by atoms with E-state index in [0.29, 0.717) is 5.75 Å². The molecule has 0 radical (unpaired) electrons. The minimum Gasteiger partial charge on any atom is -0.497 e. The van der Waals surface area contributed by atoms with Crippen molar-refractivity contribution in [1.29, 1.82) is 0 Å². The second-order valence-electron chi connectivity index (χ2n) is 8.41. The van der Waals surface area contributed by atoms with Crippen LogP contribution >= 0.6 is 11.6 Å². The molecule has 196 valence electrons. The molecular weight excluding hydrogens is 514 g/mol. The maximum Gasteiger partial charge on any atom is 0.244 e. The Morgan fingerprint density at radius 1 is 0.973 bits per heavy atom. The molecule has 37 heavy (non-hydrogen) atoms. The fourth-order valence-corrected chi connectivity index (χ4v) is 5.09. The first kappa shape index (κ1) is 28.0. The zero-order chi connectivity index (χ0) is 27.0. The summed E-state index contributed by atoms with van der Waals surface area (Å²) in [6, 6.07) is 22.0. The number of hydrogen-bond donors (Lipinski definition) is 1. The van der Waals surface area contributed by atoms with E-state index < -0.39 is 28.5 Å². The van der Waals surface area contributed by atoms with E-state index in [1.54, 1.807) is 43.5 Å². The second kappa shape index (κ2) is 12.6. The zero-order valence-electron chi connectivity index (χ0n) is 20.9. The molecule has 0 unspecified atom stereocenters. The van der Waals surface area contributed by atoms with Crippen molar-refractivity contribution in [3.63, 3.8) is 0 Å². The summed E-state index contributed by atoms with van der Waals surface area (Å²) in [6.45, 7) is -0.476. The van der Waals surface area contributed by atoms with E-state index in [0.717, 1.165) is 21.7 Å². The summed E-state index contributed by atoms with van der Waals surface area (Å²) in [6.07, 6.45) is 1.25. The van der Waals surface area contributed by atoms with Gasteiger partial charge in [0.1, 0.15) is 18.3 Å². The molecule has 3 rings (SSSR count). The predicted molar refractivity (Wildman–Crippen MR) is 145 cm³/mol. The van der Waals surface area contributed by atoms with E-state index in [9.17, 15) is 18.0 Å². The molecular formula is C27H30ClN3O5S. The molecule has 0 bridgehead atoms. The third kappa shape index (κ3) is 7.47. The van der Waals surface area contributed by atoms with Gasteiger partial charge in [-0.25, -0.2) is 8.42 Å². The molecule has 0 saturated heterocycles. The molecule has 0 aliphatic heterocycles. The van der Waals surface area contributed by atoms with Gasteiger partial charge in [0.05, 0.1) is 24.1 Å². The van der Waals surface area contributed by atoms with Crippen LogP contribution in [0.2, 0.25) is 5.02 Å². The van der Waals surface area contributed by atoms with Gasteiger partial charge in [-0.2, -0.15) is 0 Å². The average Bonchev–Trinajstić information content (AvgIpc) is 2.89. The second-order valence-corrected chi connectivity index (χ2v) is 10.7. The Morgan fingerprint density at radius 3 is 2.24 bits per heavy atom. The number of carbonyl (C=O) groups excluding carboxylic acids is 2. The van der Waals surface area contributed by atoms with Crippen LogP contribution < -0.4 is 14.4 Å². The number of rotatable bonds is 11. The van der Waals surface area contributed by atoms with Gasteiger partial charge < -0.3 is 15.0 Å². The van der Waals surface area contributed by atoms with Crippen LogP contribution in [0.1, 0.15) is 11.1 Å². The maximum absolute atomic E-state index is 13.9. The number of carbonyl (C=O) groups is 2. The molecule has 0 aliphatic rings. The topological polar surface area (TPSA) is 96.0 Å². The Bertz CT molecular complexity index is 1330. The SMILES string of the molecule is CNC(=O)[C@@H](Cc1ccccc1)N(Cc1cccc(OC)c1)C(=O)CN(c1ccccc1Cl)S(C)(=O)=O.